The van der Waals surface area contributed by atoms with Crippen molar-refractivity contribution in [1.29, 1.82) is 0 Å². The van der Waals surface area contributed by atoms with E-state index in [2.05, 4.69) is 5.32 Å². The fourth-order valence-corrected chi connectivity index (χ4v) is 5.33. The number of hydrogen-bond donors (Lipinski definition) is 1. The molecule has 0 unspecified atom stereocenters. The third-order valence-corrected chi connectivity index (χ3v) is 7.38. The van der Waals surface area contributed by atoms with Crippen molar-refractivity contribution in [2.45, 2.75) is 30.6 Å². The fraction of sp³-hybridized carbons (Fsp3) is 0.391. The number of rotatable bonds is 6. The molecule has 2 aliphatic heterocycles. The Kier molecular flexibility index (Phi) is 7.32. The van der Waals surface area contributed by atoms with Crippen molar-refractivity contribution in [3.63, 3.8) is 0 Å². The van der Waals surface area contributed by atoms with Gasteiger partial charge in [0.15, 0.2) is 18.1 Å². The standard InChI is InChI=1S/C23H25FN2O7S/c24-18-7-5-16(13-21(18)34(29,30)26-9-2-1-3-10-26)23(28)33-15-22(27)25-17-6-8-19-20(14-17)32-12-4-11-31-19/h5-8,13-14H,1-4,9-12,15H2,(H,25,27). The molecule has 182 valence electrons. The summed E-state index contributed by atoms with van der Waals surface area (Å²) in [6.07, 6.45) is 3.05. The zero-order valence-corrected chi connectivity index (χ0v) is 19.2. The van der Waals surface area contributed by atoms with E-state index < -0.39 is 39.2 Å². The lowest BCUT2D eigenvalue weighted by molar-refractivity contribution is -0.119. The van der Waals surface area contributed by atoms with Crippen LogP contribution in [0.5, 0.6) is 11.5 Å². The summed E-state index contributed by atoms with van der Waals surface area (Å²) in [5, 5.41) is 2.59. The van der Waals surface area contributed by atoms with Crippen LogP contribution < -0.4 is 14.8 Å². The Morgan fingerprint density at radius 3 is 2.47 bits per heavy atom. The van der Waals surface area contributed by atoms with E-state index in [1.165, 1.54) is 4.31 Å². The Hall–Kier alpha value is -3.18. The summed E-state index contributed by atoms with van der Waals surface area (Å²) in [5.74, 6) is -1.42. The van der Waals surface area contributed by atoms with E-state index in [1.807, 2.05) is 0 Å². The quantitative estimate of drug-likeness (QED) is 0.617. The summed E-state index contributed by atoms with van der Waals surface area (Å²) in [4.78, 5) is 24.1. The van der Waals surface area contributed by atoms with Gasteiger partial charge in [-0.2, -0.15) is 4.31 Å². The predicted molar refractivity (Wildman–Crippen MR) is 120 cm³/mol. The Labute approximate surface area is 196 Å². The number of carbonyl (C=O) groups is 2. The van der Waals surface area contributed by atoms with E-state index in [0.29, 0.717) is 56.3 Å². The molecule has 0 saturated carbocycles. The van der Waals surface area contributed by atoms with Crippen LogP contribution in [0.15, 0.2) is 41.3 Å². The lowest BCUT2D eigenvalue weighted by Gasteiger charge is -2.26. The summed E-state index contributed by atoms with van der Waals surface area (Å²) in [7, 11) is -4.08. The number of esters is 1. The van der Waals surface area contributed by atoms with Gasteiger partial charge >= 0.3 is 5.97 Å². The highest BCUT2D eigenvalue weighted by Crippen LogP contribution is 2.32. The molecule has 2 aromatic rings. The first-order valence-electron chi connectivity index (χ1n) is 11.0. The maximum Gasteiger partial charge on any atom is 0.338 e. The van der Waals surface area contributed by atoms with Crippen LogP contribution >= 0.6 is 0 Å². The minimum Gasteiger partial charge on any atom is -0.490 e. The van der Waals surface area contributed by atoms with E-state index in [9.17, 15) is 22.4 Å². The molecule has 0 aromatic heterocycles. The molecule has 4 rings (SSSR count). The number of hydrogen-bond acceptors (Lipinski definition) is 7. The van der Waals surface area contributed by atoms with Gasteiger partial charge < -0.3 is 19.5 Å². The van der Waals surface area contributed by atoms with Crippen LogP contribution in [0.1, 0.15) is 36.0 Å². The lowest BCUT2D eigenvalue weighted by atomic mass is 10.2. The molecule has 0 aliphatic carbocycles. The largest absolute Gasteiger partial charge is 0.490 e. The number of sulfonamides is 1. The van der Waals surface area contributed by atoms with E-state index in [0.717, 1.165) is 31.0 Å². The van der Waals surface area contributed by atoms with Crippen molar-refractivity contribution in [3.05, 3.63) is 47.8 Å². The first kappa shape index (κ1) is 24.0. The third kappa shape index (κ3) is 5.48. The van der Waals surface area contributed by atoms with Crippen LogP contribution in [0, 0.1) is 5.82 Å². The summed E-state index contributed by atoms with van der Waals surface area (Å²) < 4.78 is 57.3. The molecule has 11 heteroatoms. The molecular weight excluding hydrogens is 467 g/mol. The lowest BCUT2D eigenvalue weighted by Crippen LogP contribution is -2.36. The van der Waals surface area contributed by atoms with E-state index in [-0.39, 0.29) is 5.56 Å². The Balaban J connectivity index is 1.39. The third-order valence-electron chi connectivity index (χ3n) is 5.47. The van der Waals surface area contributed by atoms with Gasteiger partial charge in [-0.15, -0.1) is 0 Å². The smallest absolute Gasteiger partial charge is 0.338 e. The first-order valence-corrected chi connectivity index (χ1v) is 12.4. The maximum atomic E-state index is 14.3. The highest BCUT2D eigenvalue weighted by Gasteiger charge is 2.29. The average Bonchev–Trinajstić information content (AvgIpc) is 3.08. The average molecular weight is 493 g/mol. The van der Waals surface area contributed by atoms with Crippen molar-refractivity contribution >= 4 is 27.6 Å². The number of nitrogens with one attached hydrogen (secondary N) is 1. The van der Waals surface area contributed by atoms with E-state index in [4.69, 9.17) is 14.2 Å². The molecule has 0 spiro atoms. The molecule has 34 heavy (non-hydrogen) atoms. The Bertz CT molecular complexity index is 1180. The zero-order chi connectivity index (χ0) is 24.1. The van der Waals surface area contributed by atoms with Crippen molar-refractivity contribution in [3.8, 4) is 11.5 Å². The number of benzene rings is 2. The van der Waals surface area contributed by atoms with Gasteiger partial charge in [-0.05, 0) is 43.2 Å². The minimum atomic E-state index is -4.08. The monoisotopic (exact) mass is 492 g/mol. The molecule has 2 heterocycles. The molecule has 1 fully saturated rings. The molecule has 1 N–H and O–H groups in total. The number of nitrogens with zero attached hydrogens (tertiary/aromatic N) is 1. The van der Waals surface area contributed by atoms with Crippen LogP contribution in [-0.2, 0) is 19.6 Å². The van der Waals surface area contributed by atoms with Crippen LogP contribution in [0.2, 0.25) is 0 Å². The van der Waals surface area contributed by atoms with Gasteiger partial charge in [-0.25, -0.2) is 17.6 Å². The molecule has 0 bridgehead atoms. The molecule has 9 nitrogen and oxygen atoms in total. The number of halogens is 1. The van der Waals surface area contributed by atoms with Crippen LogP contribution in [0.4, 0.5) is 10.1 Å². The summed E-state index contributed by atoms with van der Waals surface area (Å²) in [6.45, 7) is 1.03. The van der Waals surface area contributed by atoms with Gasteiger partial charge in [0, 0.05) is 31.3 Å². The van der Waals surface area contributed by atoms with Crippen molar-refractivity contribution in [2.24, 2.45) is 0 Å². The van der Waals surface area contributed by atoms with E-state index >= 15 is 0 Å². The predicted octanol–water partition coefficient (Wildman–Crippen LogP) is 2.96. The second-order valence-electron chi connectivity index (χ2n) is 7.95. The molecule has 1 amide bonds. The van der Waals surface area contributed by atoms with Crippen LogP contribution in [0.25, 0.3) is 0 Å². The second kappa shape index (κ2) is 10.4. The number of piperidine rings is 1. The normalized spacial score (nSPS) is 16.4. The van der Waals surface area contributed by atoms with Gasteiger partial charge in [-0.1, -0.05) is 6.42 Å². The van der Waals surface area contributed by atoms with Gasteiger partial charge in [-0.3, -0.25) is 4.79 Å². The van der Waals surface area contributed by atoms with Crippen molar-refractivity contribution in [1.82, 2.24) is 4.31 Å². The highest BCUT2D eigenvalue weighted by atomic mass is 32.2. The molecular formula is C23H25FN2O7S. The first-order chi connectivity index (χ1) is 16.3. The summed E-state index contributed by atoms with van der Waals surface area (Å²) >= 11 is 0. The van der Waals surface area contributed by atoms with E-state index in [1.54, 1.807) is 18.2 Å². The SMILES string of the molecule is O=C(COC(=O)c1ccc(F)c(S(=O)(=O)N2CCCCC2)c1)Nc1ccc2c(c1)OCCCO2. The zero-order valence-electron chi connectivity index (χ0n) is 18.4. The molecule has 1 saturated heterocycles. The minimum absolute atomic E-state index is 0.166. The van der Waals surface area contributed by atoms with Crippen LogP contribution in [-0.4, -0.2) is 57.5 Å². The van der Waals surface area contributed by atoms with Gasteiger partial charge in [0.1, 0.15) is 10.7 Å². The van der Waals surface area contributed by atoms with Gasteiger partial charge in [0.2, 0.25) is 10.0 Å². The second-order valence-corrected chi connectivity index (χ2v) is 9.85. The molecule has 0 atom stereocenters. The molecule has 2 aliphatic rings. The van der Waals surface area contributed by atoms with Crippen molar-refractivity contribution < 1.29 is 36.6 Å². The number of ether oxygens (including phenoxy) is 3. The Morgan fingerprint density at radius 1 is 0.971 bits per heavy atom. The summed E-state index contributed by atoms with van der Waals surface area (Å²) in [6, 6.07) is 7.89. The number of carbonyl (C=O) groups excluding carboxylic acids is 2. The molecule has 0 radical (unpaired) electrons. The van der Waals surface area contributed by atoms with Crippen molar-refractivity contribution in [2.75, 3.05) is 38.2 Å². The maximum absolute atomic E-state index is 14.3. The Morgan fingerprint density at radius 2 is 1.71 bits per heavy atom. The highest BCUT2D eigenvalue weighted by molar-refractivity contribution is 7.89. The summed E-state index contributed by atoms with van der Waals surface area (Å²) in [5.41, 5.74) is 0.266. The topological polar surface area (TPSA) is 111 Å². The number of anilines is 1. The number of fused-ring (bicyclic) bond motifs is 1. The fourth-order valence-electron chi connectivity index (χ4n) is 3.72. The van der Waals surface area contributed by atoms with Gasteiger partial charge in [0.05, 0.1) is 18.8 Å². The van der Waals surface area contributed by atoms with Gasteiger partial charge in [0.25, 0.3) is 5.91 Å². The van der Waals surface area contributed by atoms with Crippen LogP contribution in [0.3, 0.4) is 0 Å². The molecule has 2 aromatic carbocycles. The number of amides is 1.